The minimum Gasteiger partial charge on any atom is -0.389 e. The standard InChI is InChI=1S/C15H24O/c1-9(2)12-6-5-10(3)13-8-15(16)11(4)7-14(12)13/h7,10,13-16H,5-6,8H2,1-4H3/t10-,13-,14+,15+/m1/s1. The van der Waals surface area contributed by atoms with Crippen molar-refractivity contribution in [3.8, 4) is 0 Å². The molecule has 0 aliphatic heterocycles. The molecule has 0 unspecified atom stereocenters. The normalized spacial score (nSPS) is 39.1. The van der Waals surface area contributed by atoms with Gasteiger partial charge in [0.25, 0.3) is 0 Å². The second kappa shape index (κ2) is 4.37. The van der Waals surface area contributed by atoms with Gasteiger partial charge in [-0.3, -0.25) is 0 Å². The third-order valence-corrected chi connectivity index (χ3v) is 4.57. The van der Waals surface area contributed by atoms with Gasteiger partial charge in [-0.2, -0.15) is 0 Å². The van der Waals surface area contributed by atoms with Crippen molar-refractivity contribution in [2.45, 2.75) is 53.1 Å². The maximum atomic E-state index is 9.97. The summed E-state index contributed by atoms with van der Waals surface area (Å²) in [7, 11) is 0. The van der Waals surface area contributed by atoms with E-state index in [2.05, 4.69) is 33.8 Å². The van der Waals surface area contributed by atoms with Crippen LogP contribution in [0.5, 0.6) is 0 Å². The molecule has 0 radical (unpaired) electrons. The van der Waals surface area contributed by atoms with Gasteiger partial charge in [0.2, 0.25) is 0 Å². The molecule has 0 aromatic carbocycles. The molecule has 1 fully saturated rings. The third kappa shape index (κ3) is 1.98. The van der Waals surface area contributed by atoms with E-state index in [-0.39, 0.29) is 6.10 Å². The van der Waals surface area contributed by atoms with Crippen molar-refractivity contribution in [1.82, 2.24) is 0 Å². The van der Waals surface area contributed by atoms with Gasteiger partial charge < -0.3 is 5.11 Å². The van der Waals surface area contributed by atoms with E-state index in [9.17, 15) is 5.11 Å². The maximum absolute atomic E-state index is 9.97. The predicted molar refractivity (Wildman–Crippen MR) is 68.1 cm³/mol. The first kappa shape index (κ1) is 11.9. The van der Waals surface area contributed by atoms with Crippen molar-refractivity contribution in [2.24, 2.45) is 17.8 Å². The minimum absolute atomic E-state index is 0.194. The van der Waals surface area contributed by atoms with Gasteiger partial charge in [0, 0.05) is 5.92 Å². The molecule has 4 atom stereocenters. The lowest BCUT2D eigenvalue weighted by molar-refractivity contribution is 0.113. The molecule has 0 heterocycles. The van der Waals surface area contributed by atoms with Crippen LogP contribution in [0, 0.1) is 17.8 Å². The summed E-state index contributed by atoms with van der Waals surface area (Å²) in [5.74, 6) is 2.03. The Bertz CT molecular complexity index is 333. The number of hydrogen-bond acceptors (Lipinski definition) is 1. The van der Waals surface area contributed by atoms with Gasteiger partial charge in [-0.25, -0.2) is 0 Å². The third-order valence-electron chi connectivity index (χ3n) is 4.57. The number of aliphatic hydroxyl groups excluding tert-OH is 1. The van der Waals surface area contributed by atoms with Crippen molar-refractivity contribution in [3.05, 3.63) is 22.8 Å². The molecule has 1 nitrogen and oxygen atoms in total. The second-order valence-electron chi connectivity index (χ2n) is 5.89. The minimum atomic E-state index is -0.194. The zero-order chi connectivity index (χ0) is 11.9. The van der Waals surface area contributed by atoms with Crippen LogP contribution in [0.1, 0.15) is 47.0 Å². The Morgan fingerprint density at radius 1 is 1.38 bits per heavy atom. The highest BCUT2D eigenvalue weighted by Crippen LogP contribution is 2.46. The van der Waals surface area contributed by atoms with Crippen molar-refractivity contribution in [2.75, 3.05) is 0 Å². The van der Waals surface area contributed by atoms with Crippen LogP contribution in [0.25, 0.3) is 0 Å². The number of hydrogen-bond donors (Lipinski definition) is 1. The van der Waals surface area contributed by atoms with Gasteiger partial charge >= 0.3 is 0 Å². The maximum Gasteiger partial charge on any atom is 0.0750 e. The van der Waals surface area contributed by atoms with Crippen LogP contribution >= 0.6 is 0 Å². The van der Waals surface area contributed by atoms with Crippen LogP contribution in [-0.2, 0) is 0 Å². The van der Waals surface area contributed by atoms with Gasteiger partial charge in [0.1, 0.15) is 0 Å². The van der Waals surface area contributed by atoms with Gasteiger partial charge in [0.15, 0.2) is 0 Å². The number of allylic oxidation sites excluding steroid dienone is 3. The number of fused-ring (bicyclic) bond motifs is 1. The second-order valence-corrected chi connectivity index (χ2v) is 5.89. The van der Waals surface area contributed by atoms with E-state index in [4.69, 9.17) is 0 Å². The summed E-state index contributed by atoms with van der Waals surface area (Å²) in [6.45, 7) is 8.89. The Kier molecular flexibility index (Phi) is 3.25. The van der Waals surface area contributed by atoms with E-state index < -0.39 is 0 Å². The monoisotopic (exact) mass is 220 g/mol. The molecular formula is C15H24O. The SMILES string of the molecule is CC1=C[C@H]2C(=C(C)C)CC[C@@H](C)[C@H]2C[C@@H]1O. The topological polar surface area (TPSA) is 20.2 Å². The lowest BCUT2D eigenvalue weighted by atomic mass is 9.64. The lowest BCUT2D eigenvalue weighted by Crippen LogP contribution is -2.35. The molecule has 16 heavy (non-hydrogen) atoms. The molecule has 0 aromatic rings. The first-order valence-electron chi connectivity index (χ1n) is 6.53. The van der Waals surface area contributed by atoms with Crippen molar-refractivity contribution in [1.29, 1.82) is 0 Å². The fraction of sp³-hybridized carbons (Fsp3) is 0.733. The Balaban J connectivity index is 2.36. The highest BCUT2D eigenvalue weighted by atomic mass is 16.3. The van der Waals surface area contributed by atoms with E-state index in [1.807, 2.05) is 0 Å². The van der Waals surface area contributed by atoms with E-state index in [1.54, 1.807) is 5.57 Å². The summed E-state index contributed by atoms with van der Waals surface area (Å²) in [5, 5.41) is 9.97. The lowest BCUT2D eigenvalue weighted by Gasteiger charge is -2.42. The Hall–Kier alpha value is -0.560. The molecular weight excluding hydrogens is 196 g/mol. The molecule has 0 amide bonds. The molecule has 1 heteroatoms. The van der Waals surface area contributed by atoms with E-state index in [0.29, 0.717) is 11.8 Å². The summed E-state index contributed by atoms with van der Waals surface area (Å²) < 4.78 is 0. The number of aliphatic hydroxyl groups is 1. The molecule has 2 aliphatic rings. The Morgan fingerprint density at radius 2 is 2.06 bits per heavy atom. The summed E-state index contributed by atoms with van der Waals surface area (Å²) in [6.07, 6.45) is 5.65. The molecule has 0 bridgehead atoms. The predicted octanol–water partition coefficient (Wildman–Crippen LogP) is 3.70. The average molecular weight is 220 g/mol. The largest absolute Gasteiger partial charge is 0.389 e. The van der Waals surface area contributed by atoms with Crippen LogP contribution in [-0.4, -0.2) is 11.2 Å². The van der Waals surface area contributed by atoms with E-state index in [0.717, 1.165) is 12.3 Å². The molecule has 1 saturated carbocycles. The van der Waals surface area contributed by atoms with Gasteiger partial charge in [0.05, 0.1) is 6.10 Å². The molecule has 2 aliphatic carbocycles. The Morgan fingerprint density at radius 3 is 2.69 bits per heavy atom. The van der Waals surface area contributed by atoms with Gasteiger partial charge in [-0.15, -0.1) is 0 Å². The summed E-state index contributed by atoms with van der Waals surface area (Å²) in [5.41, 5.74) is 4.30. The van der Waals surface area contributed by atoms with Crippen LogP contribution in [0.15, 0.2) is 22.8 Å². The van der Waals surface area contributed by atoms with Gasteiger partial charge in [-0.05, 0) is 57.4 Å². The quantitative estimate of drug-likeness (QED) is 0.617. The zero-order valence-corrected chi connectivity index (χ0v) is 11.0. The van der Waals surface area contributed by atoms with Crippen molar-refractivity contribution >= 4 is 0 Å². The molecule has 0 aromatic heterocycles. The molecule has 0 saturated heterocycles. The molecule has 90 valence electrons. The molecule has 2 rings (SSSR count). The highest BCUT2D eigenvalue weighted by Gasteiger charge is 2.37. The highest BCUT2D eigenvalue weighted by molar-refractivity contribution is 5.27. The number of rotatable bonds is 0. The first-order valence-corrected chi connectivity index (χ1v) is 6.53. The Labute approximate surface area is 99.3 Å². The summed E-state index contributed by atoms with van der Waals surface area (Å²) in [6, 6.07) is 0. The zero-order valence-electron chi connectivity index (χ0n) is 11.0. The van der Waals surface area contributed by atoms with E-state index >= 15 is 0 Å². The fourth-order valence-corrected chi connectivity index (χ4v) is 3.40. The average Bonchev–Trinajstić information content (AvgIpc) is 2.21. The van der Waals surface area contributed by atoms with Gasteiger partial charge in [-0.1, -0.05) is 24.1 Å². The summed E-state index contributed by atoms with van der Waals surface area (Å²) in [4.78, 5) is 0. The molecule has 0 spiro atoms. The van der Waals surface area contributed by atoms with Crippen LogP contribution in [0.4, 0.5) is 0 Å². The first-order chi connectivity index (χ1) is 7.50. The van der Waals surface area contributed by atoms with Crippen molar-refractivity contribution < 1.29 is 5.11 Å². The van der Waals surface area contributed by atoms with Crippen LogP contribution in [0.2, 0.25) is 0 Å². The fourth-order valence-electron chi connectivity index (χ4n) is 3.40. The smallest absolute Gasteiger partial charge is 0.0750 e. The summed E-state index contributed by atoms with van der Waals surface area (Å²) >= 11 is 0. The van der Waals surface area contributed by atoms with Crippen LogP contribution < -0.4 is 0 Å². The van der Waals surface area contributed by atoms with Crippen molar-refractivity contribution in [3.63, 3.8) is 0 Å². The molecule has 1 N–H and O–H groups in total. The van der Waals surface area contributed by atoms with Crippen LogP contribution in [0.3, 0.4) is 0 Å². The van der Waals surface area contributed by atoms with E-state index in [1.165, 1.54) is 24.0 Å².